The molecule has 0 spiro atoms. The molecular formula is C17H25N3O. The van der Waals surface area contributed by atoms with Gasteiger partial charge in [0.25, 0.3) is 0 Å². The normalized spacial score (nSPS) is 11.0. The second-order valence-corrected chi connectivity index (χ2v) is 5.45. The standard InChI is InChI=1S/C17H25N3O/c1-3-5-11-15-16(13-9-7-8-10-14(13)18)20(12-6-4-2)17(21)19-15/h7-10H,3-6,11-12,18H2,1-2H3,(H,19,21). The van der Waals surface area contributed by atoms with Gasteiger partial charge in [0, 0.05) is 23.5 Å². The Morgan fingerprint density at radius 2 is 1.86 bits per heavy atom. The van der Waals surface area contributed by atoms with Crippen LogP contribution in [0.5, 0.6) is 0 Å². The summed E-state index contributed by atoms with van der Waals surface area (Å²) in [6, 6.07) is 7.78. The first-order valence-corrected chi connectivity index (χ1v) is 7.85. The Morgan fingerprint density at radius 3 is 2.52 bits per heavy atom. The van der Waals surface area contributed by atoms with Gasteiger partial charge in [-0.3, -0.25) is 4.57 Å². The minimum atomic E-state index is -0.0205. The van der Waals surface area contributed by atoms with Gasteiger partial charge < -0.3 is 10.7 Å². The maximum absolute atomic E-state index is 12.3. The lowest BCUT2D eigenvalue weighted by Crippen LogP contribution is -2.17. The summed E-state index contributed by atoms with van der Waals surface area (Å²) in [6.45, 7) is 5.02. The number of nitrogens with one attached hydrogen (secondary N) is 1. The van der Waals surface area contributed by atoms with Crippen LogP contribution < -0.4 is 11.4 Å². The van der Waals surface area contributed by atoms with Crippen LogP contribution in [0.25, 0.3) is 11.3 Å². The van der Waals surface area contributed by atoms with E-state index in [0.29, 0.717) is 0 Å². The van der Waals surface area contributed by atoms with Crippen LogP contribution >= 0.6 is 0 Å². The maximum Gasteiger partial charge on any atom is 0.326 e. The molecule has 0 saturated carbocycles. The van der Waals surface area contributed by atoms with Crippen molar-refractivity contribution in [3.8, 4) is 11.3 Å². The van der Waals surface area contributed by atoms with Gasteiger partial charge in [-0.1, -0.05) is 44.9 Å². The van der Waals surface area contributed by atoms with E-state index in [4.69, 9.17) is 5.73 Å². The number of aromatic amines is 1. The Morgan fingerprint density at radius 1 is 1.14 bits per heavy atom. The molecule has 1 aromatic carbocycles. The molecule has 0 radical (unpaired) electrons. The molecule has 0 atom stereocenters. The monoisotopic (exact) mass is 287 g/mol. The van der Waals surface area contributed by atoms with E-state index in [1.807, 2.05) is 28.8 Å². The molecule has 1 aromatic heterocycles. The largest absolute Gasteiger partial charge is 0.398 e. The summed E-state index contributed by atoms with van der Waals surface area (Å²) >= 11 is 0. The number of H-pyrrole nitrogens is 1. The molecule has 21 heavy (non-hydrogen) atoms. The highest BCUT2D eigenvalue weighted by Crippen LogP contribution is 2.28. The van der Waals surface area contributed by atoms with Crippen LogP contribution in [-0.4, -0.2) is 9.55 Å². The van der Waals surface area contributed by atoms with Crippen LogP contribution in [0.4, 0.5) is 5.69 Å². The van der Waals surface area contributed by atoms with Crippen molar-refractivity contribution in [2.75, 3.05) is 5.73 Å². The number of nitrogens with two attached hydrogens (primary N) is 1. The summed E-state index contributed by atoms with van der Waals surface area (Å²) in [5, 5.41) is 0. The van der Waals surface area contributed by atoms with Crippen molar-refractivity contribution in [3.63, 3.8) is 0 Å². The number of aryl methyl sites for hydroxylation is 1. The lowest BCUT2D eigenvalue weighted by molar-refractivity contribution is 0.619. The number of benzene rings is 1. The van der Waals surface area contributed by atoms with Gasteiger partial charge in [0.05, 0.1) is 5.69 Å². The summed E-state index contributed by atoms with van der Waals surface area (Å²) in [5.74, 6) is 0. The van der Waals surface area contributed by atoms with E-state index in [2.05, 4.69) is 18.8 Å². The molecule has 4 nitrogen and oxygen atoms in total. The van der Waals surface area contributed by atoms with E-state index in [-0.39, 0.29) is 5.69 Å². The minimum Gasteiger partial charge on any atom is -0.398 e. The molecule has 0 bridgehead atoms. The van der Waals surface area contributed by atoms with Crippen molar-refractivity contribution < 1.29 is 0 Å². The van der Waals surface area contributed by atoms with Gasteiger partial charge >= 0.3 is 5.69 Å². The van der Waals surface area contributed by atoms with Crippen molar-refractivity contribution in [1.82, 2.24) is 9.55 Å². The molecular weight excluding hydrogens is 262 g/mol. The molecule has 0 aliphatic rings. The van der Waals surface area contributed by atoms with Crippen LogP contribution in [0, 0.1) is 0 Å². The van der Waals surface area contributed by atoms with E-state index in [1.165, 1.54) is 0 Å². The van der Waals surface area contributed by atoms with Crippen molar-refractivity contribution in [3.05, 3.63) is 40.4 Å². The third kappa shape index (κ3) is 3.38. The molecule has 0 aliphatic carbocycles. The van der Waals surface area contributed by atoms with Crippen LogP contribution in [-0.2, 0) is 13.0 Å². The predicted molar refractivity (Wildman–Crippen MR) is 88.4 cm³/mol. The number of anilines is 1. The Balaban J connectivity index is 2.53. The number of hydrogen-bond donors (Lipinski definition) is 2. The molecule has 4 heteroatoms. The first kappa shape index (κ1) is 15.4. The fraction of sp³-hybridized carbons (Fsp3) is 0.471. The van der Waals surface area contributed by atoms with Gasteiger partial charge in [-0.25, -0.2) is 4.79 Å². The highest BCUT2D eigenvalue weighted by molar-refractivity contribution is 5.75. The number of nitrogen functional groups attached to an aromatic ring is 1. The maximum atomic E-state index is 12.3. The molecule has 0 saturated heterocycles. The molecule has 1 heterocycles. The molecule has 3 N–H and O–H groups in total. The van der Waals surface area contributed by atoms with Crippen LogP contribution in [0.1, 0.15) is 45.2 Å². The van der Waals surface area contributed by atoms with Gasteiger partial charge in [0.15, 0.2) is 0 Å². The zero-order valence-electron chi connectivity index (χ0n) is 13.0. The quantitative estimate of drug-likeness (QED) is 0.765. The number of rotatable bonds is 7. The van der Waals surface area contributed by atoms with Crippen LogP contribution in [0.15, 0.2) is 29.1 Å². The van der Waals surface area contributed by atoms with Crippen molar-refractivity contribution in [2.24, 2.45) is 0 Å². The lowest BCUT2D eigenvalue weighted by Gasteiger charge is -2.11. The van der Waals surface area contributed by atoms with Crippen molar-refractivity contribution >= 4 is 5.69 Å². The molecule has 0 fully saturated rings. The number of nitrogens with zero attached hydrogens (tertiary/aromatic N) is 1. The molecule has 0 unspecified atom stereocenters. The number of hydrogen-bond acceptors (Lipinski definition) is 2. The lowest BCUT2D eigenvalue weighted by atomic mass is 10.0. The van der Waals surface area contributed by atoms with Crippen LogP contribution in [0.2, 0.25) is 0 Å². The van der Waals surface area contributed by atoms with Gasteiger partial charge in [0.2, 0.25) is 0 Å². The number of imidazole rings is 1. The Labute approximate surface area is 126 Å². The zero-order valence-corrected chi connectivity index (χ0v) is 13.0. The molecule has 0 amide bonds. The fourth-order valence-electron chi connectivity index (χ4n) is 2.60. The number of para-hydroxylation sites is 1. The summed E-state index contributed by atoms with van der Waals surface area (Å²) in [4.78, 5) is 15.3. The summed E-state index contributed by atoms with van der Waals surface area (Å²) in [7, 11) is 0. The second kappa shape index (κ2) is 7.16. The Kier molecular flexibility index (Phi) is 5.26. The van der Waals surface area contributed by atoms with Crippen LogP contribution in [0.3, 0.4) is 0 Å². The first-order chi connectivity index (χ1) is 10.2. The van der Waals surface area contributed by atoms with E-state index >= 15 is 0 Å². The average molecular weight is 287 g/mol. The Bertz CT molecular complexity index is 640. The highest BCUT2D eigenvalue weighted by atomic mass is 16.1. The van der Waals surface area contributed by atoms with Gasteiger partial charge in [-0.15, -0.1) is 0 Å². The molecule has 2 rings (SSSR count). The molecule has 2 aromatic rings. The van der Waals surface area contributed by atoms with E-state index in [0.717, 1.165) is 61.3 Å². The van der Waals surface area contributed by atoms with Gasteiger partial charge in [-0.05, 0) is 25.3 Å². The third-order valence-corrected chi connectivity index (χ3v) is 3.79. The fourth-order valence-corrected chi connectivity index (χ4v) is 2.60. The van der Waals surface area contributed by atoms with E-state index in [1.54, 1.807) is 0 Å². The summed E-state index contributed by atoms with van der Waals surface area (Å²) < 4.78 is 1.85. The predicted octanol–water partition coefficient (Wildman–Crippen LogP) is 3.57. The third-order valence-electron chi connectivity index (χ3n) is 3.79. The topological polar surface area (TPSA) is 63.8 Å². The Hall–Kier alpha value is -1.97. The van der Waals surface area contributed by atoms with Crippen molar-refractivity contribution in [2.45, 2.75) is 52.5 Å². The molecule has 114 valence electrons. The first-order valence-electron chi connectivity index (χ1n) is 7.85. The van der Waals surface area contributed by atoms with Crippen molar-refractivity contribution in [1.29, 1.82) is 0 Å². The zero-order chi connectivity index (χ0) is 15.2. The smallest absolute Gasteiger partial charge is 0.326 e. The second-order valence-electron chi connectivity index (χ2n) is 5.45. The molecule has 0 aliphatic heterocycles. The van der Waals surface area contributed by atoms with E-state index < -0.39 is 0 Å². The SMILES string of the molecule is CCCCc1[nH]c(=O)n(CCCC)c1-c1ccccc1N. The number of unbranched alkanes of at least 4 members (excludes halogenated alkanes) is 2. The summed E-state index contributed by atoms with van der Waals surface area (Å²) in [5.41, 5.74) is 9.77. The minimum absolute atomic E-state index is 0.0205. The summed E-state index contributed by atoms with van der Waals surface area (Å²) in [6.07, 6.45) is 5.10. The number of aromatic nitrogens is 2. The van der Waals surface area contributed by atoms with Gasteiger partial charge in [-0.2, -0.15) is 0 Å². The van der Waals surface area contributed by atoms with Gasteiger partial charge in [0.1, 0.15) is 0 Å². The average Bonchev–Trinajstić information content (AvgIpc) is 2.79. The highest BCUT2D eigenvalue weighted by Gasteiger charge is 2.16. The van der Waals surface area contributed by atoms with E-state index in [9.17, 15) is 4.79 Å².